The summed E-state index contributed by atoms with van der Waals surface area (Å²) in [5.74, 6) is -0.243. The Bertz CT molecular complexity index is 1200. The lowest BCUT2D eigenvalue weighted by Gasteiger charge is -2.36. The highest BCUT2D eigenvalue weighted by molar-refractivity contribution is 6.09. The Balaban J connectivity index is 1.36. The number of hydrogen-bond donors (Lipinski definition) is 1. The van der Waals surface area contributed by atoms with Crippen molar-refractivity contribution in [3.8, 4) is 0 Å². The van der Waals surface area contributed by atoms with Crippen molar-refractivity contribution < 1.29 is 9.18 Å². The fraction of sp³-hybridized carbons (Fsp3) is 0.231. The zero-order valence-electron chi connectivity index (χ0n) is 18.0. The molecule has 2 heterocycles. The fourth-order valence-electron chi connectivity index (χ4n) is 4.37. The summed E-state index contributed by atoms with van der Waals surface area (Å²) in [6, 6.07) is 20.6. The molecule has 32 heavy (non-hydrogen) atoms. The van der Waals surface area contributed by atoms with Crippen LogP contribution >= 0.6 is 0 Å². The summed E-state index contributed by atoms with van der Waals surface area (Å²) in [4.78, 5) is 21.9. The van der Waals surface area contributed by atoms with Crippen LogP contribution in [0.1, 0.15) is 29.3 Å². The van der Waals surface area contributed by atoms with Crippen molar-refractivity contribution in [1.82, 2.24) is 4.90 Å². The van der Waals surface area contributed by atoms with Crippen LogP contribution in [0.2, 0.25) is 0 Å². The second-order valence-electron chi connectivity index (χ2n) is 8.05. The normalized spacial score (nSPS) is 15.2. The van der Waals surface area contributed by atoms with Crippen molar-refractivity contribution in [2.24, 2.45) is 4.99 Å². The minimum absolute atomic E-state index is 0.0176. The summed E-state index contributed by atoms with van der Waals surface area (Å²) < 4.78 is 14.1. The van der Waals surface area contributed by atoms with E-state index in [1.165, 1.54) is 6.07 Å². The van der Waals surface area contributed by atoms with Crippen LogP contribution in [0.3, 0.4) is 0 Å². The first-order valence-corrected chi connectivity index (χ1v) is 11.0. The first-order valence-electron chi connectivity index (χ1n) is 11.0. The molecule has 1 amide bonds. The summed E-state index contributed by atoms with van der Waals surface area (Å²) in [5.41, 5.74) is 5.98. The highest BCUT2D eigenvalue weighted by Gasteiger charge is 2.24. The SMILES string of the molecule is CCC1=Nc2cc(C(=O)N3CCN(c4ccccc4F)CC3)ccc2Nc2ccccc21. The first-order chi connectivity index (χ1) is 15.6. The zero-order chi connectivity index (χ0) is 22.1. The number of nitrogens with zero attached hydrogens (tertiary/aromatic N) is 3. The van der Waals surface area contributed by atoms with E-state index in [9.17, 15) is 9.18 Å². The molecule has 1 saturated heterocycles. The standard InChI is InChI=1S/C26H25FN4O/c1-2-21-19-7-3-5-9-22(19)29-23-12-11-18(17-24(23)28-21)26(32)31-15-13-30(14-16-31)25-10-6-4-8-20(25)27/h3-12,17,29H,2,13-16H2,1H3. The van der Waals surface area contributed by atoms with E-state index >= 15 is 0 Å². The van der Waals surface area contributed by atoms with Gasteiger partial charge in [-0.05, 0) is 42.8 Å². The highest BCUT2D eigenvalue weighted by Crippen LogP contribution is 2.35. The number of carbonyl (C=O) groups is 1. The molecule has 2 aliphatic rings. The summed E-state index contributed by atoms with van der Waals surface area (Å²) in [5, 5.41) is 3.46. The summed E-state index contributed by atoms with van der Waals surface area (Å²) in [6.45, 7) is 4.40. The molecule has 5 rings (SSSR count). The van der Waals surface area contributed by atoms with Gasteiger partial charge in [0.1, 0.15) is 5.82 Å². The maximum atomic E-state index is 14.1. The average Bonchev–Trinajstić information content (AvgIpc) is 3.00. The molecule has 0 unspecified atom stereocenters. The third-order valence-electron chi connectivity index (χ3n) is 6.10. The third-order valence-corrected chi connectivity index (χ3v) is 6.10. The Morgan fingerprint density at radius 2 is 1.72 bits per heavy atom. The van der Waals surface area contributed by atoms with Gasteiger partial charge in [-0.2, -0.15) is 0 Å². The molecule has 2 aliphatic heterocycles. The van der Waals surface area contributed by atoms with Crippen molar-refractivity contribution in [2.75, 3.05) is 36.4 Å². The van der Waals surface area contributed by atoms with E-state index in [1.807, 2.05) is 52.3 Å². The minimum Gasteiger partial charge on any atom is -0.366 e. The summed E-state index contributed by atoms with van der Waals surface area (Å²) >= 11 is 0. The Morgan fingerprint density at radius 1 is 0.969 bits per heavy atom. The molecular weight excluding hydrogens is 403 g/mol. The molecule has 3 aromatic rings. The lowest BCUT2D eigenvalue weighted by Crippen LogP contribution is -2.49. The number of piperazine rings is 1. The molecule has 162 valence electrons. The molecule has 0 spiro atoms. The van der Waals surface area contributed by atoms with E-state index < -0.39 is 0 Å². The van der Waals surface area contributed by atoms with Gasteiger partial charge in [-0.3, -0.25) is 9.79 Å². The Labute approximate surface area is 187 Å². The molecule has 1 fully saturated rings. The van der Waals surface area contributed by atoms with E-state index in [0.717, 1.165) is 34.8 Å². The van der Waals surface area contributed by atoms with Crippen LogP contribution in [0, 0.1) is 5.82 Å². The van der Waals surface area contributed by atoms with Gasteiger partial charge < -0.3 is 15.1 Å². The van der Waals surface area contributed by atoms with Gasteiger partial charge >= 0.3 is 0 Å². The molecule has 0 atom stereocenters. The second-order valence-corrected chi connectivity index (χ2v) is 8.05. The van der Waals surface area contributed by atoms with Gasteiger partial charge in [0.05, 0.1) is 22.8 Å². The monoisotopic (exact) mass is 428 g/mol. The number of amides is 1. The number of hydrogen-bond acceptors (Lipinski definition) is 4. The number of carbonyl (C=O) groups excluding carboxylic acids is 1. The maximum Gasteiger partial charge on any atom is 0.254 e. The lowest BCUT2D eigenvalue weighted by atomic mass is 10.1. The van der Waals surface area contributed by atoms with Crippen molar-refractivity contribution in [1.29, 1.82) is 0 Å². The lowest BCUT2D eigenvalue weighted by molar-refractivity contribution is 0.0746. The Kier molecular flexibility index (Phi) is 5.35. The number of nitrogens with one attached hydrogen (secondary N) is 1. The van der Waals surface area contributed by atoms with Crippen LogP contribution in [0.25, 0.3) is 0 Å². The van der Waals surface area contributed by atoms with Gasteiger partial charge in [0.15, 0.2) is 0 Å². The summed E-state index contributed by atoms with van der Waals surface area (Å²) in [6.07, 6.45) is 0.800. The van der Waals surface area contributed by atoms with Crippen molar-refractivity contribution in [3.63, 3.8) is 0 Å². The van der Waals surface area contributed by atoms with Gasteiger partial charge in [0.2, 0.25) is 0 Å². The van der Waals surface area contributed by atoms with Gasteiger partial charge in [-0.25, -0.2) is 4.39 Å². The quantitative estimate of drug-likeness (QED) is 0.610. The Hall–Kier alpha value is -3.67. The number of benzene rings is 3. The molecule has 3 aromatic carbocycles. The van der Waals surface area contributed by atoms with Crippen LogP contribution in [0.15, 0.2) is 71.7 Å². The maximum absolute atomic E-state index is 14.1. The number of anilines is 3. The van der Waals surface area contributed by atoms with E-state index in [2.05, 4.69) is 18.3 Å². The van der Waals surface area contributed by atoms with Crippen molar-refractivity contribution >= 4 is 34.4 Å². The average molecular weight is 429 g/mol. The van der Waals surface area contributed by atoms with Crippen molar-refractivity contribution in [3.05, 3.63) is 83.7 Å². The van der Waals surface area contributed by atoms with Crippen LogP contribution in [0.5, 0.6) is 0 Å². The van der Waals surface area contributed by atoms with Gasteiger partial charge in [-0.15, -0.1) is 0 Å². The van der Waals surface area contributed by atoms with Gasteiger partial charge in [0.25, 0.3) is 5.91 Å². The van der Waals surface area contributed by atoms with Crippen LogP contribution < -0.4 is 10.2 Å². The van der Waals surface area contributed by atoms with E-state index in [1.54, 1.807) is 12.1 Å². The minimum atomic E-state index is -0.226. The molecule has 5 nitrogen and oxygen atoms in total. The largest absolute Gasteiger partial charge is 0.366 e. The fourth-order valence-corrected chi connectivity index (χ4v) is 4.37. The molecule has 6 heteroatoms. The van der Waals surface area contributed by atoms with Crippen molar-refractivity contribution in [2.45, 2.75) is 13.3 Å². The van der Waals surface area contributed by atoms with Gasteiger partial charge in [0, 0.05) is 43.0 Å². The molecule has 0 bridgehead atoms. The predicted octanol–water partition coefficient (Wildman–Crippen LogP) is 5.38. The first kappa shape index (κ1) is 20.2. The molecular formula is C26H25FN4O. The molecule has 0 aliphatic carbocycles. The molecule has 1 N–H and O–H groups in total. The second kappa shape index (κ2) is 8.46. The predicted molar refractivity (Wildman–Crippen MR) is 127 cm³/mol. The zero-order valence-corrected chi connectivity index (χ0v) is 18.0. The number of fused-ring (bicyclic) bond motifs is 2. The van der Waals surface area contributed by atoms with Crippen LogP contribution in [0.4, 0.5) is 27.1 Å². The number of halogens is 1. The Morgan fingerprint density at radius 3 is 2.50 bits per heavy atom. The van der Waals surface area contributed by atoms with E-state index in [-0.39, 0.29) is 11.7 Å². The van der Waals surface area contributed by atoms with Gasteiger partial charge in [-0.1, -0.05) is 37.3 Å². The smallest absolute Gasteiger partial charge is 0.254 e. The number of para-hydroxylation sites is 2. The topological polar surface area (TPSA) is 47.9 Å². The molecule has 0 saturated carbocycles. The van der Waals surface area contributed by atoms with Crippen LogP contribution in [-0.4, -0.2) is 42.7 Å². The molecule has 0 aromatic heterocycles. The third kappa shape index (κ3) is 3.73. The molecule has 0 radical (unpaired) electrons. The number of rotatable bonds is 3. The van der Waals surface area contributed by atoms with E-state index in [0.29, 0.717) is 37.4 Å². The number of aliphatic imine (C=N–C) groups is 1. The van der Waals surface area contributed by atoms with Crippen LogP contribution in [-0.2, 0) is 0 Å². The summed E-state index contributed by atoms with van der Waals surface area (Å²) in [7, 11) is 0. The highest BCUT2D eigenvalue weighted by atomic mass is 19.1. The van der Waals surface area contributed by atoms with E-state index in [4.69, 9.17) is 4.99 Å².